The van der Waals surface area contributed by atoms with Gasteiger partial charge in [0.05, 0.1) is 17.7 Å². The second kappa shape index (κ2) is 8.80. The van der Waals surface area contributed by atoms with Gasteiger partial charge in [0.25, 0.3) is 11.6 Å². The normalized spacial score (nSPS) is 11.6. The first-order valence-corrected chi connectivity index (χ1v) is 8.28. The number of aryl methyl sites for hydroxylation is 1. The highest BCUT2D eigenvalue weighted by Gasteiger charge is 2.22. The van der Waals surface area contributed by atoms with E-state index in [1.54, 1.807) is 19.1 Å². The fraction of sp³-hybridized carbons (Fsp3) is 0.333. The van der Waals surface area contributed by atoms with E-state index in [0.29, 0.717) is 24.2 Å². The lowest BCUT2D eigenvalue weighted by Gasteiger charge is -2.17. The summed E-state index contributed by atoms with van der Waals surface area (Å²) >= 11 is 0. The van der Waals surface area contributed by atoms with Gasteiger partial charge in [-0.1, -0.05) is 19.4 Å². The lowest BCUT2D eigenvalue weighted by molar-refractivity contribution is -0.385. The predicted octanol–water partition coefficient (Wildman–Crippen LogP) is 2.71. The summed E-state index contributed by atoms with van der Waals surface area (Å²) in [6.07, 6.45) is 2.65. The Morgan fingerprint density at radius 2 is 2.08 bits per heavy atom. The second-order valence-corrected chi connectivity index (χ2v) is 5.87. The number of furan rings is 1. The monoisotopic (exact) mass is 359 g/mol. The van der Waals surface area contributed by atoms with E-state index in [2.05, 4.69) is 10.6 Å². The summed E-state index contributed by atoms with van der Waals surface area (Å²) in [5.74, 6) is -0.257. The number of carbonyl (C=O) groups excluding carboxylic acids is 2. The molecule has 2 aromatic rings. The van der Waals surface area contributed by atoms with Gasteiger partial charge < -0.3 is 15.1 Å². The van der Waals surface area contributed by atoms with E-state index in [9.17, 15) is 19.7 Å². The first kappa shape index (κ1) is 19.2. The van der Waals surface area contributed by atoms with Gasteiger partial charge in [-0.25, -0.2) is 0 Å². The van der Waals surface area contributed by atoms with Crippen LogP contribution in [-0.4, -0.2) is 22.8 Å². The molecule has 2 rings (SSSR count). The SMILES string of the molecule is CCCC(NC(=O)c1ccc(C)c([N+](=O)[O-])c1)C(=O)NCc1ccco1. The van der Waals surface area contributed by atoms with Gasteiger partial charge in [0.15, 0.2) is 0 Å². The van der Waals surface area contributed by atoms with Crippen LogP contribution in [0.15, 0.2) is 41.0 Å². The molecule has 2 N–H and O–H groups in total. The number of benzene rings is 1. The molecule has 0 aliphatic heterocycles. The summed E-state index contributed by atoms with van der Waals surface area (Å²) in [7, 11) is 0. The highest BCUT2D eigenvalue weighted by atomic mass is 16.6. The van der Waals surface area contributed by atoms with Gasteiger partial charge >= 0.3 is 0 Å². The lowest BCUT2D eigenvalue weighted by Crippen LogP contribution is -2.46. The zero-order chi connectivity index (χ0) is 19.1. The van der Waals surface area contributed by atoms with Crippen LogP contribution in [0.3, 0.4) is 0 Å². The van der Waals surface area contributed by atoms with E-state index in [1.807, 2.05) is 6.92 Å². The predicted molar refractivity (Wildman–Crippen MR) is 94.6 cm³/mol. The van der Waals surface area contributed by atoms with Crippen molar-refractivity contribution in [2.75, 3.05) is 0 Å². The van der Waals surface area contributed by atoms with Crippen molar-refractivity contribution >= 4 is 17.5 Å². The summed E-state index contributed by atoms with van der Waals surface area (Å²) in [5, 5.41) is 16.4. The number of hydrogen-bond donors (Lipinski definition) is 2. The number of nitro benzene ring substituents is 1. The molecule has 138 valence electrons. The topological polar surface area (TPSA) is 114 Å². The molecule has 8 heteroatoms. The van der Waals surface area contributed by atoms with Crippen LogP contribution < -0.4 is 10.6 Å². The molecule has 0 fully saturated rings. The van der Waals surface area contributed by atoms with E-state index in [4.69, 9.17) is 4.42 Å². The number of rotatable bonds is 8. The van der Waals surface area contributed by atoms with Gasteiger partial charge in [0.1, 0.15) is 11.8 Å². The first-order valence-electron chi connectivity index (χ1n) is 8.28. The smallest absolute Gasteiger partial charge is 0.273 e. The highest BCUT2D eigenvalue weighted by molar-refractivity contribution is 5.98. The van der Waals surface area contributed by atoms with Crippen molar-refractivity contribution in [2.45, 2.75) is 39.3 Å². The Morgan fingerprint density at radius 3 is 2.69 bits per heavy atom. The second-order valence-electron chi connectivity index (χ2n) is 5.87. The third kappa shape index (κ3) is 4.92. The summed E-state index contributed by atoms with van der Waals surface area (Å²) in [4.78, 5) is 35.3. The molecule has 1 atom stereocenters. The minimum Gasteiger partial charge on any atom is -0.467 e. The van der Waals surface area contributed by atoms with Crippen molar-refractivity contribution < 1.29 is 18.9 Å². The third-order valence-corrected chi connectivity index (χ3v) is 3.88. The van der Waals surface area contributed by atoms with Crippen molar-refractivity contribution in [1.82, 2.24) is 10.6 Å². The van der Waals surface area contributed by atoms with Crippen LogP contribution in [0.2, 0.25) is 0 Å². The largest absolute Gasteiger partial charge is 0.467 e. The van der Waals surface area contributed by atoms with E-state index >= 15 is 0 Å². The Hall–Kier alpha value is -3.16. The maximum absolute atomic E-state index is 12.4. The first-order chi connectivity index (χ1) is 12.4. The molecule has 26 heavy (non-hydrogen) atoms. The Labute approximate surface area is 150 Å². The minimum atomic E-state index is -0.733. The molecule has 0 saturated heterocycles. The number of nitrogens with one attached hydrogen (secondary N) is 2. The highest BCUT2D eigenvalue weighted by Crippen LogP contribution is 2.19. The van der Waals surface area contributed by atoms with E-state index in [0.717, 1.165) is 0 Å². The molecule has 0 radical (unpaired) electrons. The summed E-state index contributed by atoms with van der Waals surface area (Å²) < 4.78 is 5.15. The van der Waals surface area contributed by atoms with Crippen LogP contribution in [-0.2, 0) is 11.3 Å². The molecule has 0 aliphatic rings. The molecule has 1 heterocycles. The molecule has 1 unspecified atom stereocenters. The average molecular weight is 359 g/mol. The van der Waals surface area contributed by atoms with Gasteiger partial charge in [-0.15, -0.1) is 0 Å². The molecule has 0 bridgehead atoms. The van der Waals surface area contributed by atoms with Crippen LogP contribution in [0.1, 0.15) is 41.4 Å². The molecule has 1 aromatic carbocycles. The molecule has 2 amide bonds. The molecule has 0 spiro atoms. The van der Waals surface area contributed by atoms with Crippen molar-refractivity contribution in [3.63, 3.8) is 0 Å². The average Bonchev–Trinajstić information content (AvgIpc) is 3.12. The number of nitrogens with zero attached hydrogens (tertiary/aromatic N) is 1. The summed E-state index contributed by atoms with van der Waals surface area (Å²) in [6.45, 7) is 3.72. The van der Waals surface area contributed by atoms with Gasteiger partial charge in [0, 0.05) is 17.2 Å². The maximum Gasteiger partial charge on any atom is 0.273 e. The van der Waals surface area contributed by atoms with Crippen LogP contribution >= 0.6 is 0 Å². The molecule has 0 saturated carbocycles. The summed E-state index contributed by atoms with van der Waals surface area (Å²) in [6, 6.07) is 6.95. The third-order valence-electron chi connectivity index (χ3n) is 3.88. The van der Waals surface area contributed by atoms with Crippen molar-refractivity contribution in [2.24, 2.45) is 0 Å². The van der Waals surface area contributed by atoms with Crippen LogP contribution in [0.4, 0.5) is 5.69 Å². The quantitative estimate of drug-likeness (QED) is 0.555. The Morgan fingerprint density at radius 1 is 1.31 bits per heavy atom. The molecular formula is C18H21N3O5. The zero-order valence-electron chi connectivity index (χ0n) is 14.7. The maximum atomic E-state index is 12.4. The summed E-state index contributed by atoms with van der Waals surface area (Å²) in [5.41, 5.74) is 0.474. The van der Waals surface area contributed by atoms with E-state index in [1.165, 1.54) is 24.5 Å². The molecule has 0 aliphatic carbocycles. The fourth-order valence-corrected chi connectivity index (χ4v) is 2.46. The number of hydrogen-bond acceptors (Lipinski definition) is 5. The van der Waals surface area contributed by atoms with E-state index < -0.39 is 16.9 Å². The number of nitro groups is 1. The van der Waals surface area contributed by atoms with Gasteiger partial charge in [0.2, 0.25) is 5.91 Å². The Balaban J connectivity index is 2.06. The van der Waals surface area contributed by atoms with Crippen molar-refractivity contribution in [3.05, 3.63) is 63.6 Å². The Kier molecular flexibility index (Phi) is 6.48. The standard InChI is InChI=1S/C18H21N3O5/c1-3-5-15(18(23)19-11-14-6-4-9-26-14)20-17(22)13-8-7-12(2)16(10-13)21(24)25/h4,6-10,15H,3,5,11H2,1-2H3,(H,19,23)(H,20,22). The molecule has 1 aromatic heterocycles. The number of amides is 2. The Bertz CT molecular complexity index is 786. The van der Waals surface area contributed by atoms with Crippen LogP contribution in [0.25, 0.3) is 0 Å². The van der Waals surface area contributed by atoms with Gasteiger partial charge in [-0.05, 0) is 31.5 Å². The van der Waals surface area contributed by atoms with Crippen LogP contribution in [0.5, 0.6) is 0 Å². The number of carbonyl (C=O) groups is 2. The lowest BCUT2D eigenvalue weighted by atomic mass is 10.1. The zero-order valence-corrected chi connectivity index (χ0v) is 14.7. The van der Waals surface area contributed by atoms with Gasteiger partial charge in [-0.2, -0.15) is 0 Å². The van der Waals surface area contributed by atoms with Crippen LogP contribution in [0, 0.1) is 17.0 Å². The molecule has 8 nitrogen and oxygen atoms in total. The minimum absolute atomic E-state index is 0.132. The molecular weight excluding hydrogens is 338 g/mol. The van der Waals surface area contributed by atoms with Crippen molar-refractivity contribution in [1.29, 1.82) is 0 Å². The fourth-order valence-electron chi connectivity index (χ4n) is 2.46. The van der Waals surface area contributed by atoms with E-state index in [-0.39, 0.29) is 23.7 Å². The van der Waals surface area contributed by atoms with Crippen molar-refractivity contribution in [3.8, 4) is 0 Å². The van der Waals surface area contributed by atoms with Gasteiger partial charge in [-0.3, -0.25) is 19.7 Å².